The number of aromatic nitrogens is 3. The predicted octanol–water partition coefficient (Wildman–Crippen LogP) is 12.8. The monoisotopic (exact) mass is 663 g/mol. The van der Waals surface area contributed by atoms with Crippen LogP contribution in [0, 0.1) is 0 Å². The van der Waals surface area contributed by atoms with Crippen LogP contribution in [0.4, 0.5) is 0 Å². The summed E-state index contributed by atoms with van der Waals surface area (Å²) in [4.78, 5) is 10.7. The third-order valence-corrected chi connectivity index (χ3v) is 10.4. The van der Waals surface area contributed by atoms with Crippen LogP contribution in [0.5, 0.6) is 0 Å². The van der Waals surface area contributed by atoms with E-state index in [1.807, 2.05) is 12.1 Å². The van der Waals surface area contributed by atoms with Crippen LogP contribution in [0.1, 0.15) is 0 Å². The normalized spacial score (nSPS) is 11.8. The molecule has 0 aliphatic heterocycles. The second-order valence-corrected chi connectivity index (χ2v) is 13.4. The largest absolute Gasteiger partial charge is 0.456 e. The van der Waals surface area contributed by atoms with Crippen molar-refractivity contribution < 1.29 is 4.42 Å². The smallest absolute Gasteiger partial charge is 0.235 e. The zero-order valence-corrected chi connectivity index (χ0v) is 28.0. The van der Waals surface area contributed by atoms with Crippen molar-refractivity contribution in [2.24, 2.45) is 0 Å². The topological polar surface area (TPSA) is 43.9 Å². The van der Waals surface area contributed by atoms with Gasteiger partial charge >= 0.3 is 0 Å². The van der Waals surface area contributed by atoms with Gasteiger partial charge in [0.25, 0.3) is 0 Å². The quantitative estimate of drug-likeness (QED) is 0.188. The number of fused-ring (bicyclic) bond motifs is 9. The van der Waals surface area contributed by atoms with Crippen LogP contribution in [0.25, 0.3) is 105 Å². The molecule has 8 aromatic carbocycles. The Kier molecular flexibility index (Phi) is 6.22. The van der Waals surface area contributed by atoms with E-state index in [-0.39, 0.29) is 0 Å². The molecule has 0 spiro atoms. The lowest BCUT2D eigenvalue weighted by atomic mass is 9.99. The molecule has 4 nitrogen and oxygen atoms in total. The Hall–Kier alpha value is -7.04. The van der Waals surface area contributed by atoms with Gasteiger partial charge in [-0.05, 0) is 63.5 Å². The molecule has 0 amide bonds. The van der Waals surface area contributed by atoms with Gasteiger partial charge in [-0.1, -0.05) is 140 Å². The highest BCUT2D eigenvalue weighted by Gasteiger charge is 2.21. The Morgan fingerprint density at radius 2 is 1.06 bits per heavy atom. The minimum Gasteiger partial charge on any atom is -0.456 e. The highest BCUT2D eigenvalue weighted by atomic mass is 16.3. The molecule has 0 saturated heterocycles. The van der Waals surface area contributed by atoms with E-state index in [9.17, 15) is 0 Å². The van der Waals surface area contributed by atoms with Crippen LogP contribution in [-0.4, -0.2) is 14.5 Å². The molecule has 3 aromatic heterocycles. The number of benzene rings is 8. The maximum atomic E-state index is 6.56. The zero-order chi connectivity index (χ0) is 34.2. The first kappa shape index (κ1) is 28.8. The first-order valence-corrected chi connectivity index (χ1v) is 17.6. The second kappa shape index (κ2) is 11.2. The summed E-state index contributed by atoms with van der Waals surface area (Å²) in [6.07, 6.45) is 0. The Morgan fingerprint density at radius 3 is 1.81 bits per heavy atom. The highest BCUT2D eigenvalue weighted by Crippen LogP contribution is 2.42. The molecule has 4 heteroatoms. The van der Waals surface area contributed by atoms with Gasteiger partial charge in [-0.2, -0.15) is 0 Å². The Labute approximate surface area is 298 Å². The fourth-order valence-electron chi connectivity index (χ4n) is 7.95. The Morgan fingerprint density at radius 1 is 0.404 bits per heavy atom. The molecule has 0 unspecified atom stereocenters. The molecule has 0 N–H and O–H groups in total. The van der Waals surface area contributed by atoms with Gasteiger partial charge in [0.2, 0.25) is 5.95 Å². The van der Waals surface area contributed by atoms with E-state index < -0.39 is 0 Å². The summed E-state index contributed by atoms with van der Waals surface area (Å²) in [5.74, 6) is 0.624. The van der Waals surface area contributed by atoms with E-state index in [0.717, 1.165) is 77.4 Å². The summed E-state index contributed by atoms with van der Waals surface area (Å²) < 4.78 is 8.82. The van der Waals surface area contributed by atoms with Gasteiger partial charge < -0.3 is 4.42 Å². The molecular formula is C48H29N3O. The number of hydrogen-bond donors (Lipinski definition) is 0. The first-order chi connectivity index (χ1) is 25.8. The lowest BCUT2D eigenvalue weighted by Gasteiger charge is -2.14. The van der Waals surface area contributed by atoms with Gasteiger partial charge in [-0.3, -0.25) is 4.57 Å². The van der Waals surface area contributed by atoms with E-state index >= 15 is 0 Å². The van der Waals surface area contributed by atoms with Gasteiger partial charge in [-0.25, -0.2) is 9.97 Å². The first-order valence-electron chi connectivity index (χ1n) is 17.6. The molecule has 0 fully saturated rings. The number of hydrogen-bond acceptors (Lipinski definition) is 3. The van der Waals surface area contributed by atoms with Crippen molar-refractivity contribution in [3.8, 4) is 39.6 Å². The van der Waals surface area contributed by atoms with Crippen molar-refractivity contribution in [1.82, 2.24) is 14.5 Å². The average Bonchev–Trinajstić information content (AvgIpc) is 3.75. The van der Waals surface area contributed by atoms with Crippen molar-refractivity contribution in [2.45, 2.75) is 0 Å². The molecule has 3 heterocycles. The van der Waals surface area contributed by atoms with Gasteiger partial charge in [0, 0.05) is 38.2 Å². The van der Waals surface area contributed by atoms with Gasteiger partial charge in [0.05, 0.1) is 22.4 Å². The van der Waals surface area contributed by atoms with Crippen LogP contribution >= 0.6 is 0 Å². The summed E-state index contributed by atoms with van der Waals surface area (Å²) >= 11 is 0. The molecule has 11 rings (SSSR count). The maximum absolute atomic E-state index is 6.56. The molecular weight excluding hydrogens is 635 g/mol. The maximum Gasteiger partial charge on any atom is 0.235 e. The highest BCUT2D eigenvalue weighted by molar-refractivity contribution is 6.20. The summed E-state index contributed by atoms with van der Waals surface area (Å²) in [5.41, 5.74) is 9.84. The molecule has 0 saturated carbocycles. The molecule has 0 aliphatic rings. The SMILES string of the molecule is c1ccc(-c2cc(-c3ccccc3)nc(-n3c4cc5ccccc5cc4c4cccc(-c5ccc6c(c5)oc5ccc7ccccc7c56)c43)n2)cc1. The standard InChI is InChI=1S/C48H29N3O/c1-3-13-31(14-4-1)41-29-42(32-15-5-2-6-16-32)50-48(49-41)51-43-27-34-18-8-7-17-33(34)26-40(43)38-21-11-20-37(47(38)51)35-22-24-39-45(28-35)52-44-25-23-30-12-9-10-19-36(30)46(39)44/h1-29H. The fourth-order valence-corrected chi connectivity index (χ4v) is 7.95. The Bertz CT molecular complexity index is 3120. The Balaban J connectivity index is 1.23. The molecule has 11 aromatic rings. The summed E-state index contributed by atoms with van der Waals surface area (Å²) in [6, 6.07) is 61.9. The number of rotatable bonds is 4. The van der Waals surface area contributed by atoms with Crippen molar-refractivity contribution in [3.63, 3.8) is 0 Å². The third kappa shape index (κ3) is 4.41. The number of para-hydroxylation sites is 1. The van der Waals surface area contributed by atoms with Gasteiger partial charge in [-0.15, -0.1) is 0 Å². The van der Waals surface area contributed by atoms with E-state index in [0.29, 0.717) is 5.95 Å². The minimum absolute atomic E-state index is 0.624. The third-order valence-electron chi connectivity index (χ3n) is 10.4. The summed E-state index contributed by atoms with van der Waals surface area (Å²) in [5, 5.41) is 9.32. The zero-order valence-electron chi connectivity index (χ0n) is 28.0. The van der Waals surface area contributed by atoms with E-state index in [4.69, 9.17) is 14.4 Å². The second-order valence-electron chi connectivity index (χ2n) is 13.4. The van der Waals surface area contributed by atoms with Crippen molar-refractivity contribution in [1.29, 1.82) is 0 Å². The van der Waals surface area contributed by atoms with Gasteiger partial charge in [0.1, 0.15) is 11.2 Å². The lowest BCUT2D eigenvalue weighted by Crippen LogP contribution is -2.04. The number of furan rings is 1. The summed E-state index contributed by atoms with van der Waals surface area (Å²) in [7, 11) is 0. The van der Waals surface area contributed by atoms with Gasteiger partial charge in [0.15, 0.2) is 0 Å². The van der Waals surface area contributed by atoms with E-state index in [1.54, 1.807) is 0 Å². The lowest BCUT2D eigenvalue weighted by molar-refractivity contribution is 0.669. The molecule has 0 aliphatic carbocycles. The van der Waals surface area contributed by atoms with Crippen LogP contribution < -0.4 is 0 Å². The van der Waals surface area contributed by atoms with Crippen LogP contribution in [0.2, 0.25) is 0 Å². The molecule has 0 atom stereocenters. The molecule has 52 heavy (non-hydrogen) atoms. The van der Waals surface area contributed by atoms with Crippen molar-refractivity contribution in [3.05, 3.63) is 176 Å². The van der Waals surface area contributed by atoms with Crippen LogP contribution in [-0.2, 0) is 0 Å². The molecule has 0 radical (unpaired) electrons. The van der Waals surface area contributed by atoms with Crippen molar-refractivity contribution in [2.75, 3.05) is 0 Å². The predicted molar refractivity (Wildman–Crippen MR) is 215 cm³/mol. The summed E-state index contributed by atoms with van der Waals surface area (Å²) in [6.45, 7) is 0. The van der Waals surface area contributed by atoms with Crippen molar-refractivity contribution >= 4 is 65.3 Å². The molecule has 242 valence electrons. The van der Waals surface area contributed by atoms with E-state index in [1.165, 1.54) is 21.5 Å². The molecule has 0 bridgehead atoms. The average molecular weight is 664 g/mol. The number of nitrogens with zero attached hydrogens (tertiary/aromatic N) is 3. The van der Waals surface area contributed by atoms with Crippen LogP contribution in [0.15, 0.2) is 180 Å². The minimum atomic E-state index is 0.624. The van der Waals surface area contributed by atoms with Crippen LogP contribution in [0.3, 0.4) is 0 Å². The fraction of sp³-hybridized carbons (Fsp3) is 0. The van der Waals surface area contributed by atoms with E-state index in [2.05, 4.69) is 168 Å².